The summed E-state index contributed by atoms with van der Waals surface area (Å²) in [7, 11) is 0. The molecule has 26 heavy (non-hydrogen) atoms. The van der Waals surface area contributed by atoms with Crippen molar-refractivity contribution < 1.29 is 9.53 Å². The number of nitrogens with zero attached hydrogens (tertiary/aromatic N) is 2. The standard InChI is InChI=1S/C20H19ClN2O2S/c21-14-8-10-15(11-9-14)25-13-19(24)23-12-4-3-6-17(23)20-22-16-5-1-2-7-18(16)26-20/h1-2,5,7-11,17H,3-4,6,12-13H2. The predicted molar refractivity (Wildman–Crippen MR) is 105 cm³/mol. The maximum Gasteiger partial charge on any atom is 0.261 e. The fourth-order valence-electron chi connectivity index (χ4n) is 3.28. The van der Waals surface area contributed by atoms with Gasteiger partial charge in [-0.2, -0.15) is 0 Å². The Labute approximate surface area is 161 Å². The molecule has 1 amide bonds. The molecule has 0 spiro atoms. The summed E-state index contributed by atoms with van der Waals surface area (Å²) in [6, 6.07) is 15.2. The Morgan fingerprint density at radius 3 is 2.81 bits per heavy atom. The zero-order chi connectivity index (χ0) is 17.9. The van der Waals surface area contributed by atoms with Crippen molar-refractivity contribution in [2.45, 2.75) is 25.3 Å². The average molecular weight is 387 g/mol. The molecule has 4 rings (SSSR count). The van der Waals surface area contributed by atoms with Gasteiger partial charge < -0.3 is 9.64 Å². The van der Waals surface area contributed by atoms with Crippen molar-refractivity contribution in [3.05, 3.63) is 58.6 Å². The van der Waals surface area contributed by atoms with Crippen LogP contribution < -0.4 is 4.74 Å². The van der Waals surface area contributed by atoms with Crippen LogP contribution in [0.3, 0.4) is 0 Å². The number of halogens is 1. The molecule has 0 N–H and O–H groups in total. The number of benzene rings is 2. The second-order valence-corrected chi connectivity index (χ2v) is 7.86. The first-order valence-electron chi connectivity index (χ1n) is 8.74. The van der Waals surface area contributed by atoms with Crippen LogP contribution in [0, 0.1) is 0 Å². The van der Waals surface area contributed by atoms with Gasteiger partial charge in [-0.3, -0.25) is 4.79 Å². The summed E-state index contributed by atoms with van der Waals surface area (Å²) in [4.78, 5) is 19.5. The Hall–Kier alpha value is -2.11. The number of piperidine rings is 1. The molecule has 0 radical (unpaired) electrons. The average Bonchev–Trinajstić information content (AvgIpc) is 3.11. The number of rotatable bonds is 4. The number of aromatic nitrogens is 1. The second kappa shape index (κ2) is 7.64. The minimum Gasteiger partial charge on any atom is -0.484 e. The van der Waals surface area contributed by atoms with Gasteiger partial charge in [-0.05, 0) is 55.7 Å². The highest BCUT2D eigenvalue weighted by Gasteiger charge is 2.30. The van der Waals surface area contributed by atoms with E-state index in [9.17, 15) is 4.79 Å². The minimum atomic E-state index is 0.00362. The van der Waals surface area contributed by atoms with Crippen molar-refractivity contribution in [1.82, 2.24) is 9.88 Å². The number of carbonyl (C=O) groups is 1. The van der Waals surface area contributed by atoms with Crippen LogP contribution in [0.15, 0.2) is 48.5 Å². The maximum atomic E-state index is 12.8. The molecular weight excluding hydrogens is 368 g/mol. The van der Waals surface area contributed by atoms with Crippen molar-refractivity contribution in [2.24, 2.45) is 0 Å². The van der Waals surface area contributed by atoms with Crippen LogP contribution in [0.25, 0.3) is 10.2 Å². The van der Waals surface area contributed by atoms with Gasteiger partial charge in [0, 0.05) is 11.6 Å². The summed E-state index contributed by atoms with van der Waals surface area (Å²) < 4.78 is 6.82. The normalized spacial score (nSPS) is 17.4. The summed E-state index contributed by atoms with van der Waals surface area (Å²) in [6.45, 7) is 0.784. The van der Waals surface area contributed by atoms with E-state index in [1.807, 2.05) is 23.1 Å². The number of fused-ring (bicyclic) bond motifs is 1. The molecule has 1 aliphatic heterocycles. The summed E-state index contributed by atoms with van der Waals surface area (Å²) in [6.07, 6.45) is 3.09. The Morgan fingerprint density at radius 1 is 1.19 bits per heavy atom. The van der Waals surface area contributed by atoms with Crippen molar-refractivity contribution >= 4 is 39.1 Å². The van der Waals surface area contributed by atoms with E-state index in [0.717, 1.165) is 41.0 Å². The van der Waals surface area contributed by atoms with E-state index in [1.165, 1.54) is 0 Å². The van der Waals surface area contributed by atoms with Gasteiger partial charge in [-0.1, -0.05) is 23.7 Å². The monoisotopic (exact) mass is 386 g/mol. The number of amides is 1. The third-order valence-corrected chi connectivity index (χ3v) is 5.98. The molecule has 1 aliphatic rings. The number of ether oxygens (including phenoxy) is 1. The fraction of sp³-hybridized carbons (Fsp3) is 0.300. The number of hydrogen-bond acceptors (Lipinski definition) is 4. The molecule has 4 nitrogen and oxygen atoms in total. The zero-order valence-corrected chi connectivity index (χ0v) is 15.8. The third-order valence-electron chi connectivity index (χ3n) is 4.59. The van der Waals surface area contributed by atoms with Gasteiger partial charge in [0.25, 0.3) is 5.91 Å². The molecule has 1 saturated heterocycles. The zero-order valence-electron chi connectivity index (χ0n) is 14.2. The Kier molecular flexibility index (Phi) is 5.09. The van der Waals surface area contributed by atoms with E-state index in [2.05, 4.69) is 6.07 Å². The molecule has 1 unspecified atom stereocenters. The van der Waals surface area contributed by atoms with Crippen LogP contribution in [0.2, 0.25) is 5.02 Å². The molecule has 1 fully saturated rings. The highest BCUT2D eigenvalue weighted by Crippen LogP contribution is 2.35. The molecule has 6 heteroatoms. The van der Waals surface area contributed by atoms with Gasteiger partial charge in [0.1, 0.15) is 10.8 Å². The van der Waals surface area contributed by atoms with Gasteiger partial charge >= 0.3 is 0 Å². The fourth-order valence-corrected chi connectivity index (χ4v) is 4.52. The molecule has 134 valence electrons. The predicted octanol–water partition coefficient (Wildman–Crippen LogP) is 5.08. The molecule has 0 saturated carbocycles. The van der Waals surface area contributed by atoms with Crippen LogP contribution in [-0.2, 0) is 4.79 Å². The number of hydrogen-bond donors (Lipinski definition) is 0. The lowest BCUT2D eigenvalue weighted by atomic mass is 10.0. The molecule has 0 bridgehead atoms. The van der Waals surface area contributed by atoms with Gasteiger partial charge in [0.2, 0.25) is 0 Å². The molecule has 1 atom stereocenters. The summed E-state index contributed by atoms with van der Waals surface area (Å²) in [5.41, 5.74) is 1.00. The van der Waals surface area contributed by atoms with E-state index in [4.69, 9.17) is 21.3 Å². The number of para-hydroxylation sites is 1. The van der Waals surface area contributed by atoms with Crippen LogP contribution in [-0.4, -0.2) is 28.9 Å². The van der Waals surface area contributed by atoms with Crippen LogP contribution in [0.1, 0.15) is 30.3 Å². The van der Waals surface area contributed by atoms with Crippen molar-refractivity contribution in [1.29, 1.82) is 0 Å². The number of carbonyl (C=O) groups excluding carboxylic acids is 1. The number of likely N-dealkylation sites (tertiary alicyclic amines) is 1. The first-order chi connectivity index (χ1) is 12.7. The van der Waals surface area contributed by atoms with Gasteiger partial charge in [-0.15, -0.1) is 11.3 Å². The number of thiazole rings is 1. The highest BCUT2D eigenvalue weighted by atomic mass is 35.5. The largest absolute Gasteiger partial charge is 0.484 e. The van der Waals surface area contributed by atoms with Crippen molar-refractivity contribution in [3.8, 4) is 5.75 Å². The summed E-state index contributed by atoms with van der Waals surface area (Å²) >= 11 is 7.56. The van der Waals surface area contributed by atoms with Crippen LogP contribution in [0.4, 0.5) is 0 Å². The van der Waals surface area contributed by atoms with Gasteiger partial charge in [0.15, 0.2) is 6.61 Å². The summed E-state index contributed by atoms with van der Waals surface area (Å²) in [5.74, 6) is 0.653. The molecule has 3 aromatic rings. The SMILES string of the molecule is O=C(COc1ccc(Cl)cc1)N1CCCCC1c1nc2ccccc2s1. The van der Waals surface area contributed by atoms with E-state index in [-0.39, 0.29) is 18.6 Å². The molecule has 2 aromatic carbocycles. The van der Waals surface area contributed by atoms with E-state index >= 15 is 0 Å². The van der Waals surface area contributed by atoms with Gasteiger partial charge in [0.05, 0.1) is 16.3 Å². The van der Waals surface area contributed by atoms with E-state index < -0.39 is 0 Å². The second-order valence-electron chi connectivity index (χ2n) is 6.36. The van der Waals surface area contributed by atoms with E-state index in [1.54, 1.807) is 35.6 Å². The Bertz CT molecular complexity index is 877. The highest BCUT2D eigenvalue weighted by molar-refractivity contribution is 7.18. The first-order valence-corrected chi connectivity index (χ1v) is 9.93. The van der Waals surface area contributed by atoms with Crippen LogP contribution in [0.5, 0.6) is 5.75 Å². The quantitative estimate of drug-likeness (QED) is 0.627. The van der Waals surface area contributed by atoms with Gasteiger partial charge in [-0.25, -0.2) is 4.98 Å². The lowest BCUT2D eigenvalue weighted by Crippen LogP contribution is -2.41. The smallest absolute Gasteiger partial charge is 0.261 e. The third kappa shape index (κ3) is 3.69. The maximum absolute atomic E-state index is 12.8. The van der Waals surface area contributed by atoms with Crippen molar-refractivity contribution in [2.75, 3.05) is 13.2 Å². The van der Waals surface area contributed by atoms with Crippen LogP contribution >= 0.6 is 22.9 Å². The molecule has 0 aliphatic carbocycles. The summed E-state index contributed by atoms with van der Waals surface area (Å²) in [5, 5.41) is 1.67. The molecular formula is C20H19ClN2O2S. The Morgan fingerprint density at radius 2 is 2.00 bits per heavy atom. The lowest BCUT2D eigenvalue weighted by Gasteiger charge is -2.34. The van der Waals surface area contributed by atoms with Crippen molar-refractivity contribution in [3.63, 3.8) is 0 Å². The van der Waals surface area contributed by atoms with E-state index in [0.29, 0.717) is 10.8 Å². The lowest BCUT2D eigenvalue weighted by molar-refractivity contribution is -0.137. The molecule has 1 aromatic heterocycles. The topological polar surface area (TPSA) is 42.4 Å². The molecule has 2 heterocycles. The Balaban J connectivity index is 1.49. The minimum absolute atomic E-state index is 0.00362. The first kappa shape index (κ1) is 17.3.